The summed E-state index contributed by atoms with van der Waals surface area (Å²) >= 11 is 0. The summed E-state index contributed by atoms with van der Waals surface area (Å²) in [5, 5.41) is 41.7. The molecule has 4 aliphatic heterocycles. The molecule has 0 radical (unpaired) electrons. The number of hydrogen-bond acceptors (Lipinski definition) is 11. The van der Waals surface area contributed by atoms with E-state index in [2.05, 4.69) is 40.7 Å². The van der Waals surface area contributed by atoms with Crippen molar-refractivity contribution in [3.05, 3.63) is 11.6 Å². The van der Waals surface area contributed by atoms with Crippen molar-refractivity contribution in [2.24, 2.45) is 44.8 Å². The Morgan fingerprint density at radius 2 is 1.71 bits per heavy atom. The Bertz CT molecular complexity index is 1450. The van der Waals surface area contributed by atoms with Crippen LogP contribution in [0, 0.1) is 44.8 Å². The Hall–Kier alpha value is -1.15. The molecule has 0 aromatic rings. The van der Waals surface area contributed by atoms with Crippen molar-refractivity contribution in [3.63, 3.8) is 0 Å². The molecule has 9 aliphatic rings. The van der Waals surface area contributed by atoms with Gasteiger partial charge in [0, 0.05) is 29.6 Å². The van der Waals surface area contributed by atoms with Crippen LogP contribution in [0.15, 0.2) is 11.6 Å². The van der Waals surface area contributed by atoms with Gasteiger partial charge in [-0.3, -0.25) is 4.79 Å². The molecule has 0 aromatic carbocycles. The van der Waals surface area contributed by atoms with Gasteiger partial charge in [0.2, 0.25) is 5.79 Å². The van der Waals surface area contributed by atoms with Crippen molar-refractivity contribution >= 4 is 5.97 Å². The fourth-order valence-electron chi connectivity index (χ4n) is 13.8. The number of aliphatic hydroxyl groups excluding tert-OH is 4. The van der Waals surface area contributed by atoms with Gasteiger partial charge >= 0.3 is 5.97 Å². The van der Waals surface area contributed by atoms with Gasteiger partial charge in [0.15, 0.2) is 12.6 Å². The van der Waals surface area contributed by atoms with Gasteiger partial charge in [0.1, 0.15) is 36.1 Å². The first-order valence-electron chi connectivity index (χ1n) is 18.3. The van der Waals surface area contributed by atoms with Crippen molar-refractivity contribution < 1.29 is 53.6 Å². The second kappa shape index (κ2) is 9.63. The summed E-state index contributed by atoms with van der Waals surface area (Å²) in [5.74, 6) is -0.600. The van der Waals surface area contributed by atoms with E-state index in [-0.39, 0.29) is 75.9 Å². The van der Waals surface area contributed by atoms with Crippen LogP contribution < -0.4 is 0 Å². The van der Waals surface area contributed by atoms with Crippen LogP contribution in [0.5, 0.6) is 0 Å². The van der Waals surface area contributed by atoms with Crippen molar-refractivity contribution in [1.29, 1.82) is 0 Å². The number of hydrogen-bond donors (Lipinski definition) is 4. The third-order valence-corrected chi connectivity index (χ3v) is 16.1. The van der Waals surface area contributed by atoms with Crippen LogP contribution in [-0.4, -0.2) is 99.7 Å². The van der Waals surface area contributed by atoms with Crippen molar-refractivity contribution in [2.75, 3.05) is 6.61 Å². The predicted octanol–water partition coefficient (Wildman–Crippen LogP) is 2.95. The molecule has 0 amide bonds. The van der Waals surface area contributed by atoms with Crippen molar-refractivity contribution in [2.45, 2.75) is 160 Å². The highest BCUT2D eigenvalue weighted by Gasteiger charge is 2.85. The highest BCUT2D eigenvalue weighted by Crippen LogP contribution is 2.88. The molecule has 4 saturated carbocycles. The van der Waals surface area contributed by atoms with Crippen molar-refractivity contribution in [1.82, 2.24) is 0 Å². The van der Waals surface area contributed by atoms with E-state index in [1.54, 1.807) is 0 Å². The SMILES string of the molecule is CC(=O)O[C@@H]1C[C@]23C[C@@]24CC[C@H](O[C@@H]2OC[C@@H](O)[C@H](O)[C@H]2O)C(C)(C)[C@@H]4CC=C3[C@]2(C)C[C@@H]3O[C@]4(C[C@@H](C)[C@@H]3[C@@]12C)O[C@H](O)[C@@]1(C)O[C@@H]41. The molecule has 9 rings (SSSR count). The zero-order chi connectivity index (χ0) is 34.2. The lowest BCUT2D eigenvalue weighted by atomic mass is 9.44. The molecule has 11 heteroatoms. The lowest BCUT2D eigenvalue weighted by Crippen LogP contribution is -2.61. The fraction of sp³-hybridized carbons (Fsp3) is 0.919. The zero-order valence-electron chi connectivity index (χ0n) is 29.3. The summed E-state index contributed by atoms with van der Waals surface area (Å²) in [5.41, 5.74) is -0.191. The van der Waals surface area contributed by atoms with Gasteiger partial charge in [0.25, 0.3) is 0 Å². The van der Waals surface area contributed by atoms with Crippen LogP contribution in [0.2, 0.25) is 0 Å². The standard InChI is InChI=1S/C37H54O11/c1-17-12-37(29-34(7,47-29)30(42)48-37)46-20-13-32(5)22-9-8-21-31(3,4)23(45-28-27(41)26(40)19(39)15-43-28)10-11-35(21)16-36(22,35)14-24(44-18(2)38)33(32,6)25(17)20/h9,17,19-21,23-30,39-42H,8,10-16H2,1-7H3/t17-,19-,20+,21+,23+,24-,25+,26+,27-,28+,29-,30+,32+,33-,34+,35-,36-,37-/m1/s1. The second-order valence-corrected chi connectivity index (χ2v) is 18.5. The van der Waals surface area contributed by atoms with E-state index in [0.717, 1.165) is 38.5 Å². The van der Waals surface area contributed by atoms with E-state index >= 15 is 0 Å². The van der Waals surface area contributed by atoms with Gasteiger partial charge in [-0.2, -0.15) is 0 Å². The van der Waals surface area contributed by atoms with Gasteiger partial charge < -0.3 is 48.8 Å². The third-order valence-electron chi connectivity index (χ3n) is 16.1. The number of carbonyl (C=O) groups is 1. The maximum atomic E-state index is 12.9. The van der Waals surface area contributed by atoms with Gasteiger partial charge in [0.05, 0.1) is 18.8 Å². The molecule has 4 saturated heterocycles. The molecule has 0 bridgehead atoms. The Morgan fingerprint density at radius 1 is 0.958 bits per heavy atom. The van der Waals surface area contributed by atoms with Gasteiger partial charge in [-0.25, -0.2) is 0 Å². The molecule has 8 fully saturated rings. The molecular formula is C37H54O11. The van der Waals surface area contributed by atoms with E-state index in [1.807, 2.05) is 6.92 Å². The largest absolute Gasteiger partial charge is 0.462 e. The summed E-state index contributed by atoms with van der Waals surface area (Å²) in [6.07, 6.45) is 1.68. The number of allylic oxidation sites excluding steroid dienone is 2. The molecule has 11 nitrogen and oxygen atoms in total. The number of epoxide rings is 1. The van der Waals surface area contributed by atoms with Crippen LogP contribution in [0.1, 0.15) is 93.4 Å². The molecule has 4 N–H and O–H groups in total. The molecule has 5 aliphatic carbocycles. The minimum atomic E-state index is -1.32. The summed E-state index contributed by atoms with van der Waals surface area (Å²) in [6, 6.07) is 0. The molecule has 268 valence electrons. The molecular weight excluding hydrogens is 620 g/mol. The van der Waals surface area contributed by atoms with Crippen LogP contribution >= 0.6 is 0 Å². The van der Waals surface area contributed by atoms with E-state index < -0.39 is 42.3 Å². The van der Waals surface area contributed by atoms with Crippen LogP contribution in [-0.2, 0) is 33.2 Å². The maximum Gasteiger partial charge on any atom is 0.302 e. The van der Waals surface area contributed by atoms with Gasteiger partial charge in [-0.1, -0.05) is 46.3 Å². The number of fused-ring (bicyclic) bond motifs is 6. The Balaban J connectivity index is 1.06. The lowest BCUT2D eigenvalue weighted by Gasteiger charge is -2.62. The highest BCUT2D eigenvalue weighted by atomic mass is 16.8. The van der Waals surface area contributed by atoms with E-state index in [9.17, 15) is 25.2 Å². The summed E-state index contributed by atoms with van der Waals surface area (Å²) < 4.78 is 37.8. The summed E-state index contributed by atoms with van der Waals surface area (Å²) in [4.78, 5) is 12.9. The Morgan fingerprint density at radius 3 is 2.38 bits per heavy atom. The monoisotopic (exact) mass is 674 g/mol. The number of esters is 1. The van der Waals surface area contributed by atoms with Gasteiger partial charge in [-0.15, -0.1) is 0 Å². The van der Waals surface area contributed by atoms with Crippen molar-refractivity contribution in [3.8, 4) is 0 Å². The molecule has 0 unspecified atom stereocenters. The Kier molecular flexibility index (Phi) is 6.57. The van der Waals surface area contributed by atoms with Crippen LogP contribution in [0.25, 0.3) is 0 Å². The summed E-state index contributed by atoms with van der Waals surface area (Å²) in [6.45, 7) is 14.9. The molecule has 3 spiro atoms. The number of carbonyl (C=O) groups excluding carboxylic acids is 1. The number of rotatable bonds is 3. The molecule has 18 atom stereocenters. The van der Waals surface area contributed by atoms with E-state index in [0.29, 0.717) is 12.3 Å². The minimum Gasteiger partial charge on any atom is -0.462 e. The maximum absolute atomic E-state index is 12.9. The molecule has 4 heterocycles. The zero-order valence-corrected chi connectivity index (χ0v) is 29.3. The third kappa shape index (κ3) is 3.69. The first-order chi connectivity index (χ1) is 22.4. The van der Waals surface area contributed by atoms with Crippen LogP contribution in [0.3, 0.4) is 0 Å². The lowest BCUT2D eigenvalue weighted by molar-refractivity contribution is -0.345. The number of ether oxygens (including phenoxy) is 6. The molecule has 0 aromatic heterocycles. The smallest absolute Gasteiger partial charge is 0.302 e. The first kappa shape index (κ1) is 32.7. The first-order valence-corrected chi connectivity index (χ1v) is 18.3. The summed E-state index contributed by atoms with van der Waals surface area (Å²) in [7, 11) is 0. The van der Waals surface area contributed by atoms with Gasteiger partial charge in [-0.05, 0) is 74.0 Å². The topological polar surface area (TPSA) is 157 Å². The predicted molar refractivity (Wildman–Crippen MR) is 168 cm³/mol. The quantitative estimate of drug-likeness (QED) is 0.198. The van der Waals surface area contributed by atoms with Crippen LogP contribution in [0.4, 0.5) is 0 Å². The second-order valence-electron chi connectivity index (χ2n) is 18.5. The highest BCUT2D eigenvalue weighted by molar-refractivity contribution is 5.66. The van der Waals surface area contributed by atoms with E-state index in [4.69, 9.17) is 28.4 Å². The molecule has 48 heavy (non-hydrogen) atoms. The van der Waals surface area contributed by atoms with E-state index in [1.165, 1.54) is 12.5 Å². The number of aliphatic hydroxyl groups is 4. The normalized spacial score (nSPS) is 61.6. The minimum absolute atomic E-state index is 0.0364. The fourth-order valence-corrected chi connectivity index (χ4v) is 13.8. The Labute approximate surface area is 282 Å². The average Bonchev–Trinajstić information content (AvgIpc) is 3.84. The average molecular weight is 675 g/mol.